The van der Waals surface area contributed by atoms with Gasteiger partial charge in [0.1, 0.15) is 6.04 Å². The number of hydrogen-bond acceptors (Lipinski definition) is 3. The van der Waals surface area contributed by atoms with Crippen molar-refractivity contribution in [1.82, 2.24) is 0 Å². The number of hydrogen-bond donors (Lipinski definition) is 2. The number of nitrogens with two attached hydrogens (primary N) is 1. The van der Waals surface area contributed by atoms with E-state index in [0.29, 0.717) is 5.92 Å². The van der Waals surface area contributed by atoms with Gasteiger partial charge < -0.3 is 15.6 Å². The Labute approximate surface area is 105 Å². The first-order chi connectivity index (χ1) is 7.48. The highest BCUT2D eigenvalue weighted by Crippen LogP contribution is 2.36. The Hall–Kier alpha value is -0.610. The monoisotopic (exact) mass is 245 g/mol. The molecule has 1 atom stereocenters. The minimum atomic E-state index is -1.02. The first-order valence-corrected chi connectivity index (χ1v) is 6.10. The molecule has 0 amide bonds. The first kappa shape index (κ1) is 16.4. The molecule has 0 fully saturated rings. The molecule has 0 aromatic heterocycles. The number of ether oxygens (including phenoxy) is 1. The van der Waals surface area contributed by atoms with E-state index in [9.17, 15) is 4.79 Å². The molecule has 0 rings (SSSR count). The summed E-state index contributed by atoms with van der Waals surface area (Å²) < 4.78 is 5.63. The van der Waals surface area contributed by atoms with Crippen molar-refractivity contribution in [2.45, 2.75) is 59.6 Å². The molecular formula is C13H27NO3. The van der Waals surface area contributed by atoms with E-state index < -0.39 is 12.0 Å². The fourth-order valence-corrected chi connectivity index (χ4v) is 1.74. The van der Waals surface area contributed by atoms with Crippen LogP contribution >= 0.6 is 0 Å². The maximum Gasteiger partial charge on any atom is 0.322 e. The van der Waals surface area contributed by atoms with Crippen LogP contribution in [0.4, 0.5) is 0 Å². The maximum atomic E-state index is 10.6. The van der Waals surface area contributed by atoms with E-state index >= 15 is 0 Å². The molecule has 3 N–H and O–H groups in total. The molecule has 0 aromatic carbocycles. The third-order valence-electron chi connectivity index (χ3n) is 3.42. The van der Waals surface area contributed by atoms with E-state index in [-0.39, 0.29) is 17.6 Å². The second-order valence-electron chi connectivity index (χ2n) is 6.34. The van der Waals surface area contributed by atoms with Crippen LogP contribution in [-0.4, -0.2) is 29.3 Å². The molecule has 0 aliphatic heterocycles. The Morgan fingerprint density at radius 1 is 1.29 bits per heavy atom. The molecule has 0 saturated heterocycles. The quantitative estimate of drug-likeness (QED) is 0.721. The summed E-state index contributed by atoms with van der Waals surface area (Å²) in [5.41, 5.74) is 5.21. The average molecular weight is 245 g/mol. The molecule has 0 aliphatic carbocycles. The van der Waals surface area contributed by atoms with Crippen LogP contribution in [0.15, 0.2) is 0 Å². The van der Waals surface area contributed by atoms with Crippen LogP contribution in [0.3, 0.4) is 0 Å². The maximum absolute atomic E-state index is 10.6. The zero-order chi connectivity index (χ0) is 13.9. The molecule has 17 heavy (non-hydrogen) atoms. The lowest BCUT2D eigenvalue weighted by atomic mass is 9.73. The Morgan fingerprint density at radius 3 is 2.12 bits per heavy atom. The van der Waals surface area contributed by atoms with Gasteiger partial charge in [0.25, 0.3) is 0 Å². The SMILES string of the molecule is CC(C)C(C)(C)CC(C)(C)OC[C@H](N)C(=O)O. The number of carboxylic acids is 1. The normalized spacial score (nSPS) is 15.1. The Bertz CT molecular complexity index is 259. The molecule has 0 aliphatic rings. The van der Waals surface area contributed by atoms with Crippen LogP contribution in [0.25, 0.3) is 0 Å². The molecule has 4 heteroatoms. The molecule has 0 heterocycles. The zero-order valence-electron chi connectivity index (χ0n) is 11.9. The summed E-state index contributed by atoms with van der Waals surface area (Å²) in [6, 6.07) is -0.948. The fraction of sp³-hybridized carbons (Fsp3) is 0.923. The third-order valence-corrected chi connectivity index (χ3v) is 3.42. The summed E-state index contributed by atoms with van der Waals surface area (Å²) in [4.78, 5) is 10.6. The van der Waals surface area contributed by atoms with Gasteiger partial charge in [0.15, 0.2) is 0 Å². The largest absolute Gasteiger partial charge is 0.480 e. The highest BCUT2D eigenvalue weighted by Gasteiger charge is 2.32. The van der Waals surface area contributed by atoms with E-state index in [1.165, 1.54) is 0 Å². The number of carbonyl (C=O) groups is 1. The summed E-state index contributed by atoms with van der Waals surface area (Å²) in [6.45, 7) is 12.8. The van der Waals surface area contributed by atoms with Crippen molar-refractivity contribution >= 4 is 5.97 Å². The first-order valence-electron chi connectivity index (χ1n) is 6.10. The molecule has 0 radical (unpaired) electrons. The lowest BCUT2D eigenvalue weighted by molar-refractivity contribution is -0.142. The van der Waals surface area contributed by atoms with Crippen molar-refractivity contribution in [2.24, 2.45) is 17.1 Å². The van der Waals surface area contributed by atoms with Crippen molar-refractivity contribution in [2.75, 3.05) is 6.61 Å². The molecule has 4 nitrogen and oxygen atoms in total. The van der Waals surface area contributed by atoms with Crippen molar-refractivity contribution in [3.8, 4) is 0 Å². The van der Waals surface area contributed by atoms with Gasteiger partial charge in [0.2, 0.25) is 0 Å². The van der Waals surface area contributed by atoms with Crippen molar-refractivity contribution in [3.05, 3.63) is 0 Å². The number of carboxylic acid groups (broad SMARTS) is 1. The molecule has 0 saturated carbocycles. The van der Waals surface area contributed by atoms with Crippen LogP contribution in [0.2, 0.25) is 0 Å². The summed E-state index contributed by atoms with van der Waals surface area (Å²) in [5.74, 6) is -0.484. The number of aliphatic carboxylic acids is 1. The summed E-state index contributed by atoms with van der Waals surface area (Å²) in [7, 11) is 0. The molecule has 0 unspecified atom stereocenters. The van der Waals surface area contributed by atoms with Crippen molar-refractivity contribution in [1.29, 1.82) is 0 Å². The highest BCUT2D eigenvalue weighted by molar-refractivity contribution is 5.73. The topological polar surface area (TPSA) is 72.5 Å². The molecule has 0 bridgehead atoms. The zero-order valence-corrected chi connectivity index (χ0v) is 11.9. The molecule has 0 spiro atoms. The molecule has 102 valence electrons. The summed E-state index contributed by atoms with van der Waals surface area (Å²) >= 11 is 0. The van der Waals surface area contributed by atoms with Gasteiger partial charge in [0, 0.05) is 0 Å². The van der Waals surface area contributed by atoms with E-state index in [4.69, 9.17) is 15.6 Å². The van der Waals surface area contributed by atoms with Crippen molar-refractivity contribution in [3.63, 3.8) is 0 Å². The highest BCUT2D eigenvalue weighted by atomic mass is 16.5. The smallest absolute Gasteiger partial charge is 0.322 e. The van der Waals surface area contributed by atoms with E-state index in [1.807, 2.05) is 13.8 Å². The second-order valence-corrected chi connectivity index (χ2v) is 6.34. The van der Waals surface area contributed by atoms with Crippen LogP contribution in [-0.2, 0) is 9.53 Å². The van der Waals surface area contributed by atoms with Gasteiger partial charge in [-0.3, -0.25) is 4.79 Å². The lowest BCUT2D eigenvalue weighted by Crippen LogP contribution is -2.41. The van der Waals surface area contributed by atoms with E-state index in [1.54, 1.807) is 0 Å². The second kappa shape index (κ2) is 5.83. The van der Waals surface area contributed by atoms with Crippen LogP contribution < -0.4 is 5.73 Å². The predicted molar refractivity (Wildman–Crippen MR) is 68.9 cm³/mol. The van der Waals surface area contributed by atoms with Crippen LogP contribution in [0.1, 0.15) is 48.0 Å². The van der Waals surface area contributed by atoms with Crippen molar-refractivity contribution < 1.29 is 14.6 Å². The van der Waals surface area contributed by atoms with Gasteiger partial charge in [-0.15, -0.1) is 0 Å². The molecular weight excluding hydrogens is 218 g/mol. The van der Waals surface area contributed by atoms with Gasteiger partial charge in [-0.25, -0.2) is 0 Å². The van der Waals surface area contributed by atoms with Gasteiger partial charge in [0.05, 0.1) is 12.2 Å². The van der Waals surface area contributed by atoms with Gasteiger partial charge in [-0.2, -0.15) is 0 Å². The predicted octanol–water partition coefficient (Wildman–Crippen LogP) is 2.27. The summed E-state index contributed by atoms with van der Waals surface area (Å²) in [5, 5.41) is 8.69. The minimum absolute atomic E-state index is 0.0521. The lowest BCUT2D eigenvalue weighted by Gasteiger charge is -2.38. The average Bonchev–Trinajstić information content (AvgIpc) is 2.12. The summed E-state index contributed by atoms with van der Waals surface area (Å²) in [6.07, 6.45) is 0.865. The minimum Gasteiger partial charge on any atom is -0.480 e. The van der Waals surface area contributed by atoms with E-state index in [2.05, 4.69) is 27.7 Å². The van der Waals surface area contributed by atoms with Gasteiger partial charge >= 0.3 is 5.97 Å². The molecule has 0 aromatic rings. The van der Waals surface area contributed by atoms with Crippen LogP contribution in [0.5, 0.6) is 0 Å². The van der Waals surface area contributed by atoms with Crippen LogP contribution in [0, 0.1) is 11.3 Å². The standard InChI is InChI=1S/C13H27NO3/c1-9(2)12(3,4)8-13(5,6)17-7-10(14)11(15)16/h9-10H,7-8,14H2,1-6H3,(H,15,16)/t10-/m0/s1. The number of rotatable bonds is 7. The fourth-order valence-electron chi connectivity index (χ4n) is 1.74. The van der Waals surface area contributed by atoms with Gasteiger partial charge in [-0.1, -0.05) is 27.7 Å². The Kier molecular flexibility index (Phi) is 5.62. The van der Waals surface area contributed by atoms with E-state index in [0.717, 1.165) is 6.42 Å². The van der Waals surface area contributed by atoms with Gasteiger partial charge in [-0.05, 0) is 31.6 Å². The third kappa shape index (κ3) is 6.03. The Balaban J connectivity index is 4.34. The Morgan fingerprint density at radius 2 is 1.76 bits per heavy atom.